The van der Waals surface area contributed by atoms with Crippen LogP contribution in [0.3, 0.4) is 0 Å². The van der Waals surface area contributed by atoms with Crippen molar-refractivity contribution in [1.82, 2.24) is 4.57 Å². The van der Waals surface area contributed by atoms with Crippen LogP contribution in [0, 0.1) is 18.2 Å². The molecule has 10 nitrogen and oxygen atoms in total. The standard InChI is InChI=1S/C20H23FN4O3.CH4O3S/c1-9-16-13(18(26)11(19(27)28)6-25(16)10-2-3-10)15(23)14(21)17(9)24-7-12(22)20(8-24)4-5-20;1-5(2,3)4/h6,10,12H,2-5,7-8,22-23H2,1H3,(H,27,28);1H3,(H,2,3,4)/t12-;/m1./s1. The number of benzene rings is 1. The van der Waals surface area contributed by atoms with E-state index in [1.807, 2.05) is 4.90 Å². The molecule has 1 aromatic carbocycles. The number of pyridine rings is 1. The summed E-state index contributed by atoms with van der Waals surface area (Å²) in [7, 11) is -3.67. The summed E-state index contributed by atoms with van der Waals surface area (Å²) in [6.45, 7) is 3.00. The summed E-state index contributed by atoms with van der Waals surface area (Å²) in [6.07, 6.45) is 5.97. The zero-order valence-electron chi connectivity index (χ0n) is 18.3. The summed E-state index contributed by atoms with van der Waals surface area (Å²) in [4.78, 5) is 26.3. The number of carboxylic acid groups (broad SMARTS) is 1. The van der Waals surface area contributed by atoms with Gasteiger partial charge in [-0.2, -0.15) is 8.42 Å². The van der Waals surface area contributed by atoms with Crippen molar-refractivity contribution in [3.63, 3.8) is 0 Å². The van der Waals surface area contributed by atoms with Crippen LogP contribution in [-0.4, -0.2) is 54.0 Å². The van der Waals surface area contributed by atoms with Gasteiger partial charge in [-0.25, -0.2) is 9.18 Å². The van der Waals surface area contributed by atoms with Gasteiger partial charge in [-0.15, -0.1) is 0 Å². The van der Waals surface area contributed by atoms with E-state index in [-0.39, 0.29) is 34.1 Å². The fourth-order valence-electron chi connectivity index (χ4n) is 4.80. The van der Waals surface area contributed by atoms with Crippen LogP contribution in [-0.2, 0) is 10.1 Å². The number of nitrogens with zero attached hydrogens (tertiary/aromatic N) is 2. The molecule has 2 aromatic rings. The van der Waals surface area contributed by atoms with Crippen LogP contribution in [0.25, 0.3) is 10.9 Å². The highest BCUT2D eigenvalue weighted by Crippen LogP contribution is 2.54. The molecule has 1 aliphatic heterocycles. The lowest BCUT2D eigenvalue weighted by molar-refractivity contribution is 0.0694. The molecule has 3 aliphatic rings. The molecule has 1 atom stereocenters. The molecule has 0 amide bonds. The van der Waals surface area contributed by atoms with E-state index in [4.69, 9.17) is 16.0 Å². The Kier molecular flexibility index (Phi) is 5.45. The Morgan fingerprint density at radius 3 is 2.33 bits per heavy atom. The molecule has 6 N–H and O–H groups in total. The van der Waals surface area contributed by atoms with Crippen molar-refractivity contribution >= 4 is 38.4 Å². The minimum Gasteiger partial charge on any atom is -0.477 e. The second-order valence-electron chi connectivity index (χ2n) is 9.32. The van der Waals surface area contributed by atoms with Gasteiger partial charge in [-0.3, -0.25) is 9.35 Å². The number of aromatic nitrogens is 1. The van der Waals surface area contributed by atoms with E-state index in [1.165, 1.54) is 6.20 Å². The van der Waals surface area contributed by atoms with Gasteiger partial charge in [-0.1, -0.05) is 0 Å². The van der Waals surface area contributed by atoms with E-state index in [2.05, 4.69) is 0 Å². The minimum atomic E-state index is -3.67. The molecule has 33 heavy (non-hydrogen) atoms. The Bertz CT molecular complexity index is 1320. The molecule has 0 bridgehead atoms. The number of carboxylic acids is 1. The summed E-state index contributed by atoms with van der Waals surface area (Å²) in [5, 5.41) is 9.40. The largest absolute Gasteiger partial charge is 0.477 e. The molecule has 3 fully saturated rings. The average molecular weight is 483 g/mol. The molecule has 2 aliphatic carbocycles. The molecule has 12 heteroatoms. The predicted octanol–water partition coefficient (Wildman–Crippen LogP) is 1.50. The summed E-state index contributed by atoms with van der Waals surface area (Å²) < 4.78 is 43.1. The van der Waals surface area contributed by atoms with E-state index >= 15 is 4.39 Å². The third-order valence-electron chi connectivity index (χ3n) is 6.75. The molecule has 0 radical (unpaired) electrons. The molecular weight excluding hydrogens is 455 g/mol. The number of halogens is 1. The van der Waals surface area contributed by atoms with Gasteiger partial charge in [0.2, 0.25) is 5.43 Å². The van der Waals surface area contributed by atoms with Crippen molar-refractivity contribution in [2.24, 2.45) is 11.1 Å². The molecule has 2 heterocycles. The van der Waals surface area contributed by atoms with Crippen LogP contribution in [0.5, 0.6) is 0 Å². The van der Waals surface area contributed by atoms with Crippen LogP contribution in [0.15, 0.2) is 11.0 Å². The number of aryl methyl sites for hydroxylation is 1. The van der Waals surface area contributed by atoms with Crippen LogP contribution in [0.1, 0.15) is 47.6 Å². The van der Waals surface area contributed by atoms with Crippen LogP contribution in [0.4, 0.5) is 15.8 Å². The SMILES string of the molecule is CS(=O)(=O)O.Cc1c(N2C[C@@H](N)C3(CC3)C2)c(F)c(N)c2c(=O)c(C(=O)O)cn(C3CC3)c12. The fourth-order valence-corrected chi connectivity index (χ4v) is 4.80. The number of carbonyl (C=O) groups is 1. The monoisotopic (exact) mass is 482 g/mol. The highest BCUT2D eigenvalue weighted by Gasteiger charge is 2.54. The molecule has 0 unspecified atom stereocenters. The number of hydrogen-bond acceptors (Lipinski definition) is 7. The third-order valence-corrected chi connectivity index (χ3v) is 6.75. The minimum absolute atomic E-state index is 0.0109. The fraction of sp³-hybridized carbons (Fsp3) is 0.524. The summed E-state index contributed by atoms with van der Waals surface area (Å²) in [5.74, 6) is -1.99. The van der Waals surface area contributed by atoms with Crippen molar-refractivity contribution in [3.05, 3.63) is 33.4 Å². The predicted molar refractivity (Wildman–Crippen MR) is 122 cm³/mol. The van der Waals surface area contributed by atoms with Gasteiger partial charge in [0.05, 0.1) is 28.5 Å². The number of hydrogen-bond donors (Lipinski definition) is 4. The number of nitrogens with two attached hydrogens (primary N) is 2. The second-order valence-corrected chi connectivity index (χ2v) is 10.8. The first kappa shape index (κ1) is 23.5. The van der Waals surface area contributed by atoms with Gasteiger partial charge in [0, 0.05) is 36.8 Å². The van der Waals surface area contributed by atoms with Crippen LogP contribution in [0.2, 0.25) is 0 Å². The number of nitrogen functional groups attached to an aromatic ring is 1. The maximum atomic E-state index is 15.4. The average Bonchev–Trinajstić information content (AvgIpc) is 3.59. The van der Waals surface area contributed by atoms with Crippen molar-refractivity contribution in [1.29, 1.82) is 0 Å². The number of fused-ring (bicyclic) bond motifs is 1. The summed E-state index contributed by atoms with van der Waals surface area (Å²) in [5.41, 5.74) is 12.6. The van der Waals surface area contributed by atoms with Gasteiger partial charge in [0.25, 0.3) is 10.1 Å². The molecule has 1 aromatic heterocycles. The zero-order chi connectivity index (χ0) is 24.5. The first-order chi connectivity index (χ1) is 15.2. The Balaban J connectivity index is 0.000000471. The summed E-state index contributed by atoms with van der Waals surface area (Å²) in [6, 6.07) is 0.0939. The van der Waals surface area contributed by atoms with E-state index in [0.29, 0.717) is 36.1 Å². The Morgan fingerprint density at radius 2 is 1.88 bits per heavy atom. The summed E-state index contributed by atoms with van der Waals surface area (Å²) >= 11 is 0. The highest BCUT2D eigenvalue weighted by atomic mass is 32.2. The van der Waals surface area contributed by atoms with Gasteiger partial charge in [0.1, 0.15) is 5.56 Å². The van der Waals surface area contributed by atoms with Gasteiger partial charge < -0.3 is 26.0 Å². The first-order valence-electron chi connectivity index (χ1n) is 10.6. The Hall–Kier alpha value is -2.70. The maximum absolute atomic E-state index is 15.4. The van der Waals surface area contributed by atoms with Gasteiger partial charge in [0.15, 0.2) is 5.82 Å². The second kappa shape index (κ2) is 7.67. The van der Waals surface area contributed by atoms with E-state index in [0.717, 1.165) is 25.7 Å². The molecule has 5 rings (SSSR count). The quantitative estimate of drug-likeness (QED) is 0.374. The molecule has 1 spiro atoms. The normalized spacial score (nSPS) is 21.2. The van der Waals surface area contributed by atoms with Gasteiger partial charge >= 0.3 is 5.97 Å². The number of rotatable bonds is 3. The third kappa shape index (κ3) is 4.18. The van der Waals surface area contributed by atoms with Crippen molar-refractivity contribution in [3.8, 4) is 0 Å². The van der Waals surface area contributed by atoms with Crippen molar-refractivity contribution < 1.29 is 27.3 Å². The molecule has 1 saturated heterocycles. The van der Waals surface area contributed by atoms with Crippen molar-refractivity contribution in [2.75, 3.05) is 30.0 Å². The lowest BCUT2D eigenvalue weighted by Crippen LogP contribution is -2.31. The number of aromatic carboxylic acids is 1. The Morgan fingerprint density at radius 1 is 1.30 bits per heavy atom. The lowest BCUT2D eigenvalue weighted by Gasteiger charge is -2.25. The lowest BCUT2D eigenvalue weighted by atomic mass is 10.0. The van der Waals surface area contributed by atoms with E-state index in [9.17, 15) is 23.1 Å². The molecule has 2 saturated carbocycles. The maximum Gasteiger partial charge on any atom is 0.341 e. The highest BCUT2D eigenvalue weighted by molar-refractivity contribution is 7.85. The number of anilines is 2. The first-order valence-corrected chi connectivity index (χ1v) is 12.4. The van der Waals surface area contributed by atoms with Crippen LogP contribution < -0.4 is 21.8 Å². The van der Waals surface area contributed by atoms with Gasteiger partial charge in [-0.05, 0) is 38.2 Å². The molecule has 180 valence electrons. The van der Waals surface area contributed by atoms with Crippen LogP contribution >= 0.6 is 0 Å². The topological polar surface area (TPSA) is 169 Å². The molecular formula is C21H27FN4O6S. The van der Waals surface area contributed by atoms with E-state index in [1.54, 1.807) is 11.5 Å². The Labute approximate surface area is 189 Å². The van der Waals surface area contributed by atoms with E-state index < -0.39 is 27.3 Å². The van der Waals surface area contributed by atoms with Crippen molar-refractivity contribution in [2.45, 2.75) is 44.7 Å². The zero-order valence-corrected chi connectivity index (χ0v) is 19.2. The smallest absolute Gasteiger partial charge is 0.341 e.